The van der Waals surface area contributed by atoms with E-state index in [4.69, 9.17) is 4.74 Å². The van der Waals surface area contributed by atoms with Crippen molar-refractivity contribution in [3.63, 3.8) is 0 Å². The van der Waals surface area contributed by atoms with Crippen molar-refractivity contribution in [1.29, 1.82) is 0 Å². The molecule has 0 aliphatic heterocycles. The fraction of sp³-hybridized carbons (Fsp3) is 0.556. The number of rotatable bonds is 5. The second kappa shape index (κ2) is 5.24. The summed E-state index contributed by atoms with van der Waals surface area (Å²) in [6.07, 6.45) is 0.996. The number of hydrogen-bond donors (Lipinski definition) is 0. The predicted molar refractivity (Wildman–Crippen MR) is 45.1 cm³/mol. The molecule has 0 heterocycles. The van der Waals surface area contributed by atoms with Crippen LogP contribution in [0.1, 0.15) is 20.3 Å². The average molecular weight is 140 g/mol. The zero-order chi connectivity index (χ0) is 7.98. The standard InChI is InChI=1S/C9H16O/c1-5-9(4)7-10-6-8(2)3/h2,4-7H2,1,3H3. The highest BCUT2D eigenvalue weighted by atomic mass is 16.5. The molecule has 0 spiro atoms. The first-order chi connectivity index (χ1) is 4.66. The maximum absolute atomic E-state index is 5.25. The summed E-state index contributed by atoms with van der Waals surface area (Å²) in [5.41, 5.74) is 2.20. The van der Waals surface area contributed by atoms with Gasteiger partial charge >= 0.3 is 0 Å². The van der Waals surface area contributed by atoms with Crippen LogP contribution in [-0.2, 0) is 4.74 Å². The Hall–Kier alpha value is -0.560. The van der Waals surface area contributed by atoms with Gasteiger partial charge in [0.2, 0.25) is 0 Å². The van der Waals surface area contributed by atoms with Gasteiger partial charge in [-0.1, -0.05) is 31.2 Å². The molecule has 0 N–H and O–H groups in total. The number of hydrogen-bond acceptors (Lipinski definition) is 1. The van der Waals surface area contributed by atoms with E-state index in [9.17, 15) is 0 Å². The molecule has 0 atom stereocenters. The molecule has 0 aromatic carbocycles. The fourth-order valence-corrected chi connectivity index (χ4v) is 0.472. The Morgan fingerprint density at radius 1 is 1.30 bits per heavy atom. The highest BCUT2D eigenvalue weighted by Gasteiger charge is 1.90. The molecule has 0 bridgehead atoms. The van der Waals surface area contributed by atoms with Gasteiger partial charge in [-0.3, -0.25) is 0 Å². The normalized spacial score (nSPS) is 9.40. The van der Waals surface area contributed by atoms with Crippen LogP contribution in [0.5, 0.6) is 0 Å². The Morgan fingerprint density at radius 2 is 1.90 bits per heavy atom. The Labute approximate surface area is 63.4 Å². The molecule has 0 fully saturated rings. The highest BCUT2D eigenvalue weighted by molar-refractivity contribution is 4.94. The first-order valence-corrected chi connectivity index (χ1v) is 3.55. The van der Waals surface area contributed by atoms with E-state index in [0.717, 1.165) is 17.6 Å². The van der Waals surface area contributed by atoms with Gasteiger partial charge in [0, 0.05) is 0 Å². The van der Waals surface area contributed by atoms with Gasteiger partial charge < -0.3 is 4.74 Å². The molecule has 0 aromatic rings. The van der Waals surface area contributed by atoms with Gasteiger partial charge in [0.15, 0.2) is 0 Å². The Balaban J connectivity index is 3.20. The number of ether oxygens (including phenoxy) is 1. The van der Waals surface area contributed by atoms with E-state index in [1.54, 1.807) is 0 Å². The SMILES string of the molecule is C=C(C)COCC(=C)CC. The summed E-state index contributed by atoms with van der Waals surface area (Å²) in [7, 11) is 0. The van der Waals surface area contributed by atoms with Crippen molar-refractivity contribution in [3.8, 4) is 0 Å². The molecule has 0 aliphatic carbocycles. The van der Waals surface area contributed by atoms with Gasteiger partial charge in [0.1, 0.15) is 0 Å². The maximum Gasteiger partial charge on any atom is 0.0678 e. The second-order valence-corrected chi connectivity index (χ2v) is 2.55. The van der Waals surface area contributed by atoms with E-state index in [-0.39, 0.29) is 0 Å². The van der Waals surface area contributed by atoms with Gasteiger partial charge in [0.25, 0.3) is 0 Å². The van der Waals surface area contributed by atoms with Crippen molar-refractivity contribution in [2.75, 3.05) is 13.2 Å². The Morgan fingerprint density at radius 3 is 2.30 bits per heavy atom. The molecule has 0 saturated carbocycles. The molecule has 0 unspecified atom stereocenters. The van der Waals surface area contributed by atoms with Crippen molar-refractivity contribution in [1.82, 2.24) is 0 Å². The van der Waals surface area contributed by atoms with Crippen LogP contribution in [0.2, 0.25) is 0 Å². The van der Waals surface area contributed by atoms with Crippen LogP contribution < -0.4 is 0 Å². The Kier molecular flexibility index (Phi) is 4.95. The van der Waals surface area contributed by atoms with E-state index < -0.39 is 0 Å². The minimum absolute atomic E-state index is 0.652. The fourth-order valence-electron chi connectivity index (χ4n) is 0.472. The largest absolute Gasteiger partial charge is 0.373 e. The smallest absolute Gasteiger partial charge is 0.0678 e. The van der Waals surface area contributed by atoms with Gasteiger partial charge in [-0.2, -0.15) is 0 Å². The first kappa shape index (κ1) is 9.44. The average Bonchev–Trinajstić information content (AvgIpc) is 1.87. The molecular formula is C9H16O. The molecule has 0 rings (SSSR count). The van der Waals surface area contributed by atoms with Crippen LogP contribution in [-0.4, -0.2) is 13.2 Å². The van der Waals surface area contributed by atoms with Crippen LogP contribution in [0.15, 0.2) is 24.3 Å². The lowest BCUT2D eigenvalue weighted by atomic mass is 10.2. The van der Waals surface area contributed by atoms with Crippen LogP contribution in [0.3, 0.4) is 0 Å². The van der Waals surface area contributed by atoms with Gasteiger partial charge in [-0.25, -0.2) is 0 Å². The van der Waals surface area contributed by atoms with Gasteiger partial charge in [-0.15, -0.1) is 0 Å². The van der Waals surface area contributed by atoms with Crippen LogP contribution in [0.4, 0.5) is 0 Å². The highest BCUT2D eigenvalue weighted by Crippen LogP contribution is 1.97. The second-order valence-electron chi connectivity index (χ2n) is 2.55. The maximum atomic E-state index is 5.25. The molecule has 0 aliphatic rings. The quantitative estimate of drug-likeness (QED) is 0.533. The summed E-state index contributed by atoms with van der Waals surface area (Å²) in [5.74, 6) is 0. The summed E-state index contributed by atoms with van der Waals surface area (Å²) in [4.78, 5) is 0. The molecule has 1 heteroatoms. The van der Waals surface area contributed by atoms with E-state index >= 15 is 0 Å². The lowest BCUT2D eigenvalue weighted by Gasteiger charge is -2.03. The Bertz CT molecular complexity index is 125. The minimum atomic E-state index is 0.652. The zero-order valence-electron chi connectivity index (χ0n) is 6.94. The minimum Gasteiger partial charge on any atom is -0.373 e. The van der Waals surface area contributed by atoms with Crippen LogP contribution >= 0.6 is 0 Å². The van der Waals surface area contributed by atoms with Crippen LogP contribution in [0.25, 0.3) is 0 Å². The third-order valence-electron chi connectivity index (χ3n) is 1.15. The van der Waals surface area contributed by atoms with Crippen molar-refractivity contribution < 1.29 is 4.74 Å². The van der Waals surface area contributed by atoms with Gasteiger partial charge in [0.05, 0.1) is 13.2 Å². The van der Waals surface area contributed by atoms with E-state index in [0.29, 0.717) is 13.2 Å². The predicted octanol–water partition coefficient (Wildman–Crippen LogP) is 2.55. The molecule has 0 amide bonds. The van der Waals surface area contributed by atoms with E-state index in [2.05, 4.69) is 20.1 Å². The third kappa shape index (κ3) is 5.57. The first-order valence-electron chi connectivity index (χ1n) is 3.55. The molecule has 0 aromatic heterocycles. The lowest BCUT2D eigenvalue weighted by Crippen LogP contribution is -1.98. The van der Waals surface area contributed by atoms with Crippen LogP contribution in [0, 0.1) is 0 Å². The molecular weight excluding hydrogens is 124 g/mol. The molecule has 58 valence electrons. The third-order valence-corrected chi connectivity index (χ3v) is 1.15. The summed E-state index contributed by atoms with van der Waals surface area (Å²) in [6, 6.07) is 0. The molecule has 0 radical (unpaired) electrons. The van der Waals surface area contributed by atoms with Crippen molar-refractivity contribution in [3.05, 3.63) is 24.3 Å². The molecule has 0 saturated heterocycles. The van der Waals surface area contributed by atoms with Crippen molar-refractivity contribution in [2.24, 2.45) is 0 Å². The van der Waals surface area contributed by atoms with E-state index in [1.165, 1.54) is 0 Å². The van der Waals surface area contributed by atoms with Crippen molar-refractivity contribution in [2.45, 2.75) is 20.3 Å². The monoisotopic (exact) mass is 140 g/mol. The summed E-state index contributed by atoms with van der Waals surface area (Å²) in [5, 5.41) is 0. The topological polar surface area (TPSA) is 9.23 Å². The van der Waals surface area contributed by atoms with Crippen molar-refractivity contribution >= 4 is 0 Å². The molecule has 10 heavy (non-hydrogen) atoms. The van der Waals surface area contributed by atoms with E-state index in [1.807, 2.05) is 6.92 Å². The summed E-state index contributed by atoms with van der Waals surface area (Å²) in [6.45, 7) is 12.9. The zero-order valence-corrected chi connectivity index (χ0v) is 6.94. The lowest BCUT2D eigenvalue weighted by molar-refractivity contribution is 0.179. The molecule has 1 nitrogen and oxygen atoms in total. The summed E-state index contributed by atoms with van der Waals surface area (Å²) >= 11 is 0. The van der Waals surface area contributed by atoms with Gasteiger partial charge in [-0.05, 0) is 13.3 Å². The summed E-state index contributed by atoms with van der Waals surface area (Å²) < 4.78 is 5.25.